The Labute approximate surface area is 105 Å². The van der Waals surface area contributed by atoms with E-state index in [4.69, 9.17) is 0 Å². The minimum atomic E-state index is -0.922. The van der Waals surface area contributed by atoms with Crippen LogP contribution in [0.3, 0.4) is 0 Å². The lowest BCUT2D eigenvalue weighted by Gasteiger charge is -2.18. The van der Waals surface area contributed by atoms with Crippen molar-refractivity contribution in [2.75, 3.05) is 12.3 Å². The van der Waals surface area contributed by atoms with Crippen molar-refractivity contribution in [3.63, 3.8) is 0 Å². The Morgan fingerprint density at radius 2 is 2.24 bits per heavy atom. The average Bonchev–Trinajstić information content (AvgIpc) is 2.80. The lowest BCUT2D eigenvalue weighted by Crippen LogP contribution is -2.43. The molecule has 1 atom stereocenters. The fourth-order valence-electron chi connectivity index (χ4n) is 1.79. The first-order chi connectivity index (χ1) is 8.23. The van der Waals surface area contributed by atoms with Crippen LogP contribution in [0, 0.1) is 0 Å². The summed E-state index contributed by atoms with van der Waals surface area (Å²) >= 11 is 1.44. The van der Waals surface area contributed by atoms with Crippen molar-refractivity contribution >= 4 is 17.7 Å². The van der Waals surface area contributed by atoms with E-state index in [1.807, 2.05) is 36.4 Å². The molecule has 1 heterocycles. The Balaban J connectivity index is 2.02. The zero-order valence-electron chi connectivity index (χ0n) is 9.43. The number of carboxylic acid groups (broad SMARTS) is 1. The summed E-state index contributed by atoms with van der Waals surface area (Å²) in [6.45, 7) is 0.743. The van der Waals surface area contributed by atoms with Gasteiger partial charge in [-0.05, 0) is 18.1 Å². The molecule has 2 rings (SSSR count). The van der Waals surface area contributed by atoms with Crippen LogP contribution in [-0.2, 0) is 11.2 Å². The van der Waals surface area contributed by atoms with E-state index in [9.17, 15) is 9.90 Å². The van der Waals surface area contributed by atoms with Gasteiger partial charge >= 0.3 is 5.97 Å². The van der Waals surface area contributed by atoms with Crippen molar-refractivity contribution in [2.24, 2.45) is 0 Å². The van der Waals surface area contributed by atoms with E-state index < -0.39 is 10.8 Å². The highest BCUT2D eigenvalue weighted by atomic mass is 32.2. The third-order valence-electron chi connectivity index (χ3n) is 2.69. The molecule has 4 heteroatoms. The minimum absolute atomic E-state index is 0.743. The fourth-order valence-corrected chi connectivity index (χ4v) is 2.84. The number of benzene rings is 1. The van der Waals surface area contributed by atoms with Crippen molar-refractivity contribution in [3.8, 4) is 0 Å². The number of carboxylic acids is 1. The molecule has 0 saturated carbocycles. The molecular weight excluding hydrogens is 234 g/mol. The second kappa shape index (κ2) is 5.38. The molecule has 0 aromatic heterocycles. The first kappa shape index (κ1) is 12.2. The Kier molecular flexibility index (Phi) is 3.86. The number of hydrogen-bond donors (Lipinski definition) is 2. The van der Waals surface area contributed by atoms with Crippen molar-refractivity contribution in [3.05, 3.63) is 48.0 Å². The van der Waals surface area contributed by atoms with Crippen molar-refractivity contribution in [2.45, 2.75) is 11.3 Å². The van der Waals surface area contributed by atoms with E-state index in [-0.39, 0.29) is 0 Å². The van der Waals surface area contributed by atoms with Gasteiger partial charge in [-0.15, -0.1) is 11.8 Å². The summed E-state index contributed by atoms with van der Waals surface area (Å²) in [6, 6.07) is 10.0. The van der Waals surface area contributed by atoms with Gasteiger partial charge in [0.25, 0.3) is 0 Å². The summed E-state index contributed by atoms with van der Waals surface area (Å²) in [7, 11) is 0. The summed E-state index contributed by atoms with van der Waals surface area (Å²) in [5.41, 5.74) is 1.19. The molecule has 90 valence electrons. The summed E-state index contributed by atoms with van der Waals surface area (Å²) in [4.78, 5) is 10.3. The highest BCUT2D eigenvalue weighted by molar-refractivity contribution is 8.01. The molecule has 17 heavy (non-hydrogen) atoms. The predicted molar refractivity (Wildman–Crippen MR) is 70.1 cm³/mol. The molecule has 1 aromatic rings. The quantitative estimate of drug-likeness (QED) is 0.800. The van der Waals surface area contributed by atoms with Gasteiger partial charge in [0.2, 0.25) is 0 Å². The Morgan fingerprint density at radius 3 is 2.82 bits per heavy atom. The summed E-state index contributed by atoms with van der Waals surface area (Å²) in [5, 5.41) is 12.3. The summed E-state index contributed by atoms with van der Waals surface area (Å²) in [5.74, 6) is 0.0198. The molecule has 0 bridgehead atoms. The first-order valence-corrected chi connectivity index (χ1v) is 6.55. The van der Waals surface area contributed by atoms with Crippen LogP contribution in [0.4, 0.5) is 0 Å². The lowest BCUT2D eigenvalue weighted by atomic mass is 10.1. The normalized spacial score (nSPS) is 24.2. The monoisotopic (exact) mass is 249 g/mol. The second-order valence-corrected chi connectivity index (χ2v) is 5.25. The highest BCUT2D eigenvalue weighted by Gasteiger charge is 2.39. The molecule has 0 amide bonds. The van der Waals surface area contributed by atoms with E-state index in [2.05, 4.69) is 5.32 Å². The largest absolute Gasteiger partial charge is 0.479 e. The van der Waals surface area contributed by atoms with Gasteiger partial charge in [-0.25, -0.2) is 4.79 Å². The Bertz CT molecular complexity index is 411. The molecule has 0 aliphatic carbocycles. The van der Waals surface area contributed by atoms with Gasteiger partial charge in [-0.1, -0.05) is 36.4 Å². The maximum absolute atomic E-state index is 11.2. The zero-order valence-corrected chi connectivity index (χ0v) is 10.2. The molecule has 1 aromatic carbocycles. The van der Waals surface area contributed by atoms with E-state index in [1.165, 1.54) is 17.3 Å². The molecule has 2 N–H and O–H groups in total. The van der Waals surface area contributed by atoms with E-state index in [0.717, 1.165) is 18.7 Å². The molecule has 3 nitrogen and oxygen atoms in total. The Hall–Kier alpha value is -1.26. The zero-order chi connectivity index (χ0) is 12.1. The van der Waals surface area contributed by atoms with E-state index >= 15 is 0 Å². The van der Waals surface area contributed by atoms with Crippen molar-refractivity contribution < 1.29 is 9.90 Å². The van der Waals surface area contributed by atoms with Crippen LogP contribution in [-0.4, -0.2) is 28.2 Å². The Morgan fingerprint density at radius 1 is 1.47 bits per heavy atom. The lowest BCUT2D eigenvalue weighted by molar-refractivity contribution is -0.139. The van der Waals surface area contributed by atoms with Gasteiger partial charge in [0.1, 0.15) is 0 Å². The smallest absolute Gasteiger partial charge is 0.338 e. The average molecular weight is 249 g/mol. The third kappa shape index (κ3) is 2.90. The van der Waals surface area contributed by atoms with Crippen molar-refractivity contribution in [1.29, 1.82) is 0 Å². The molecular formula is C13H15NO2S. The van der Waals surface area contributed by atoms with Crippen LogP contribution in [0.5, 0.6) is 0 Å². The van der Waals surface area contributed by atoms with Crippen LogP contribution >= 0.6 is 11.8 Å². The topological polar surface area (TPSA) is 49.3 Å². The third-order valence-corrected chi connectivity index (χ3v) is 4.00. The van der Waals surface area contributed by atoms with Crippen molar-refractivity contribution in [1.82, 2.24) is 5.32 Å². The fraction of sp³-hybridized carbons (Fsp3) is 0.308. The molecule has 1 aliphatic heterocycles. The van der Waals surface area contributed by atoms with Crippen LogP contribution in [0.25, 0.3) is 0 Å². The summed E-state index contributed by atoms with van der Waals surface area (Å²) in [6.07, 6.45) is 4.45. The molecule has 1 fully saturated rings. The van der Waals surface area contributed by atoms with E-state index in [1.54, 1.807) is 6.08 Å². The number of thioether (sulfide) groups is 1. The maximum atomic E-state index is 11.2. The minimum Gasteiger partial charge on any atom is -0.479 e. The number of rotatable bonds is 4. The molecule has 1 unspecified atom stereocenters. The number of hydrogen-bond acceptors (Lipinski definition) is 3. The molecule has 1 saturated heterocycles. The van der Waals surface area contributed by atoms with Crippen LogP contribution in [0.1, 0.15) is 5.56 Å². The number of carbonyl (C=O) groups is 1. The van der Waals surface area contributed by atoms with Gasteiger partial charge in [-0.3, -0.25) is 5.32 Å². The van der Waals surface area contributed by atoms with Gasteiger partial charge in [0, 0.05) is 12.3 Å². The highest BCUT2D eigenvalue weighted by Crippen LogP contribution is 2.29. The predicted octanol–water partition coefficient (Wildman–Crippen LogP) is 1.90. The van der Waals surface area contributed by atoms with Crippen LogP contribution < -0.4 is 5.32 Å². The number of aliphatic carboxylic acids is 1. The van der Waals surface area contributed by atoms with Gasteiger partial charge in [-0.2, -0.15) is 0 Å². The standard InChI is InChI=1S/C13H15NO2S/c15-12(16)13(14-9-10-17-13)8-4-7-11-5-2-1-3-6-11/h1-6,8,14H,7,9-10H2,(H,15,16). The molecule has 0 radical (unpaired) electrons. The summed E-state index contributed by atoms with van der Waals surface area (Å²) < 4.78 is 0. The second-order valence-electron chi connectivity index (χ2n) is 3.91. The SMILES string of the molecule is O=C(O)C1(C=CCc2ccccc2)NCCS1. The van der Waals surface area contributed by atoms with Crippen LogP contribution in [0.2, 0.25) is 0 Å². The van der Waals surface area contributed by atoms with Crippen LogP contribution in [0.15, 0.2) is 42.5 Å². The van der Waals surface area contributed by atoms with Gasteiger partial charge in [0.05, 0.1) is 0 Å². The van der Waals surface area contributed by atoms with Gasteiger partial charge in [0.15, 0.2) is 4.87 Å². The number of allylic oxidation sites excluding steroid dienone is 1. The van der Waals surface area contributed by atoms with E-state index in [0.29, 0.717) is 0 Å². The molecule has 1 aliphatic rings. The number of nitrogens with one attached hydrogen (secondary N) is 1. The first-order valence-electron chi connectivity index (χ1n) is 5.57. The van der Waals surface area contributed by atoms with Gasteiger partial charge < -0.3 is 5.11 Å². The maximum Gasteiger partial charge on any atom is 0.338 e. The molecule has 0 spiro atoms.